The molecule has 0 unspecified atom stereocenters. The molecule has 2 aromatic carbocycles. The molecular weight excluding hydrogens is 317 g/mol. The molecule has 0 spiro atoms. The third-order valence-electron chi connectivity index (χ3n) is 3.25. The van der Waals surface area contributed by atoms with Crippen molar-refractivity contribution >= 4 is 10.1 Å². The molecule has 0 saturated heterocycles. The molecule has 23 heavy (non-hydrogen) atoms. The Hall–Kier alpha value is -1.92. The molecule has 0 aromatic heterocycles. The second kappa shape index (κ2) is 7.57. The Kier molecular flexibility index (Phi) is 5.74. The van der Waals surface area contributed by atoms with Crippen LogP contribution in [-0.4, -0.2) is 15.0 Å². The van der Waals surface area contributed by atoms with Crippen LogP contribution in [0.2, 0.25) is 0 Å². The van der Waals surface area contributed by atoms with Crippen LogP contribution in [0.1, 0.15) is 19.4 Å². The van der Waals surface area contributed by atoms with Crippen molar-refractivity contribution in [3.05, 3.63) is 59.9 Å². The normalized spacial score (nSPS) is 11.7. The molecule has 2 aromatic rings. The van der Waals surface area contributed by atoms with Crippen LogP contribution in [-0.2, 0) is 16.7 Å². The summed E-state index contributed by atoms with van der Waals surface area (Å²) in [6.07, 6.45) is 0. The SMILES string of the molecule is CC(C)C[NH2+]Cc1ccc(OS(=O)(=O)c2ccc(F)cc2)cc1. The van der Waals surface area contributed by atoms with E-state index < -0.39 is 15.9 Å². The lowest BCUT2D eigenvalue weighted by Crippen LogP contribution is -2.83. The van der Waals surface area contributed by atoms with E-state index in [1.807, 2.05) is 12.1 Å². The van der Waals surface area contributed by atoms with E-state index in [0.717, 1.165) is 30.8 Å². The Balaban J connectivity index is 2.01. The summed E-state index contributed by atoms with van der Waals surface area (Å²) in [7, 11) is -3.95. The molecule has 0 aliphatic heterocycles. The highest BCUT2D eigenvalue weighted by Gasteiger charge is 2.16. The van der Waals surface area contributed by atoms with Gasteiger partial charge in [0.15, 0.2) is 0 Å². The van der Waals surface area contributed by atoms with Gasteiger partial charge in [-0.05, 0) is 48.5 Å². The highest BCUT2D eigenvalue weighted by molar-refractivity contribution is 7.87. The first-order valence-corrected chi connectivity index (χ1v) is 8.88. The van der Waals surface area contributed by atoms with E-state index in [1.165, 1.54) is 12.1 Å². The molecule has 2 N–H and O–H groups in total. The molecular formula is C17H21FNO3S+. The van der Waals surface area contributed by atoms with Gasteiger partial charge in [-0.25, -0.2) is 4.39 Å². The summed E-state index contributed by atoms with van der Waals surface area (Å²) in [5, 5.41) is 2.20. The molecule has 0 bridgehead atoms. The minimum Gasteiger partial charge on any atom is -0.379 e. The minimum absolute atomic E-state index is 0.0757. The van der Waals surface area contributed by atoms with Crippen LogP contribution in [0.15, 0.2) is 53.4 Å². The molecule has 0 amide bonds. The van der Waals surface area contributed by atoms with E-state index in [2.05, 4.69) is 19.2 Å². The van der Waals surface area contributed by atoms with Crippen molar-refractivity contribution in [2.75, 3.05) is 6.54 Å². The first-order valence-electron chi connectivity index (χ1n) is 7.47. The Morgan fingerprint density at radius 1 is 1.04 bits per heavy atom. The topological polar surface area (TPSA) is 60.0 Å². The fraction of sp³-hybridized carbons (Fsp3) is 0.294. The molecule has 4 nitrogen and oxygen atoms in total. The smallest absolute Gasteiger partial charge is 0.339 e. The van der Waals surface area contributed by atoms with Gasteiger partial charge in [0.05, 0.1) is 6.54 Å². The van der Waals surface area contributed by atoms with Crippen molar-refractivity contribution in [3.8, 4) is 5.75 Å². The van der Waals surface area contributed by atoms with Gasteiger partial charge in [-0.15, -0.1) is 0 Å². The van der Waals surface area contributed by atoms with Gasteiger partial charge in [0.25, 0.3) is 0 Å². The minimum atomic E-state index is -3.95. The summed E-state index contributed by atoms with van der Waals surface area (Å²) in [5.41, 5.74) is 1.09. The van der Waals surface area contributed by atoms with Gasteiger partial charge < -0.3 is 9.50 Å². The molecule has 0 fully saturated rings. The summed E-state index contributed by atoms with van der Waals surface area (Å²) < 4.78 is 42.1. The summed E-state index contributed by atoms with van der Waals surface area (Å²) in [6.45, 7) is 6.20. The van der Waals surface area contributed by atoms with Gasteiger partial charge in [-0.3, -0.25) is 0 Å². The summed E-state index contributed by atoms with van der Waals surface area (Å²) in [6, 6.07) is 11.5. The quantitative estimate of drug-likeness (QED) is 0.788. The third-order valence-corrected chi connectivity index (χ3v) is 4.51. The zero-order valence-electron chi connectivity index (χ0n) is 13.2. The van der Waals surface area contributed by atoms with Crippen LogP contribution in [0.25, 0.3) is 0 Å². The van der Waals surface area contributed by atoms with Gasteiger partial charge in [0.2, 0.25) is 0 Å². The fourth-order valence-electron chi connectivity index (χ4n) is 2.04. The molecule has 124 valence electrons. The average Bonchev–Trinajstić information content (AvgIpc) is 2.49. The highest BCUT2D eigenvalue weighted by Crippen LogP contribution is 2.19. The van der Waals surface area contributed by atoms with Gasteiger partial charge in [0.1, 0.15) is 23.0 Å². The van der Waals surface area contributed by atoms with E-state index in [-0.39, 0.29) is 10.6 Å². The molecule has 0 aliphatic rings. The van der Waals surface area contributed by atoms with Crippen molar-refractivity contribution in [1.29, 1.82) is 0 Å². The predicted molar refractivity (Wildman–Crippen MR) is 86.0 cm³/mol. The van der Waals surface area contributed by atoms with Gasteiger partial charge in [0, 0.05) is 11.5 Å². The number of rotatable bonds is 7. The number of nitrogens with two attached hydrogens (primary N) is 1. The highest BCUT2D eigenvalue weighted by atomic mass is 32.2. The lowest BCUT2D eigenvalue weighted by Gasteiger charge is -2.08. The van der Waals surface area contributed by atoms with Crippen LogP contribution < -0.4 is 9.50 Å². The van der Waals surface area contributed by atoms with Crippen LogP contribution in [0, 0.1) is 11.7 Å². The van der Waals surface area contributed by atoms with Gasteiger partial charge in [-0.1, -0.05) is 13.8 Å². The molecule has 0 radical (unpaired) electrons. The second-order valence-electron chi connectivity index (χ2n) is 5.76. The lowest BCUT2D eigenvalue weighted by molar-refractivity contribution is -0.675. The number of quaternary nitrogens is 1. The summed E-state index contributed by atoms with van der Waals surface area (Å²) in [5.74, 6) is 0.367. The Bertz CT molecular complexity index is 725. The summed E-state index contributed by atoms with van der Waals surface area (Å²) >= 11 is 0. The van der Waals surface area contributed by atoms with Gasteiger partial charge >= 0.3 is 10.1 Å². The maximum absolute atomic E-state index is 12.9. The lowest BCUT2D eigenvalue weighted by atomic mass is 10.2. The average molecular weight is 338 g/mol. The Morgan fingerprint density at radius 3 is 2.22 bits per heavy atom. The van der Waals surface area contributed by atoms with E-state index in [4.69, 9.17) is 4.18 Å². The monoisotopic (exact) mass is 338 g/mol. The largest absolute Gasteiger partial charge is 0.379 e. The number of halogens is 1. The first-order chi connectivity index (χ1) is 10.9. The Morgan fingerprint density at radius 2 is 1.65 bits per heavy atom. The number of hydrogen-bond donors (Lipinski definition) is 1. The van der Waals surface area contributed by atoms with Gasteiger partial charge in [-0.2, -0.15) is 8.42 Å². The maximum Gasteiger partial charge on any atom is 0.339 e. The second-order valence-corrected chi connectivity index (χ2v) is 7.30. The number of hydrogen-bond acceptors (Lipinski definition) is 3. The van der Waals surface area contributed by atoms with Crippen molar-refractivity contribution in [2.45, 2.75) is 25.3 Å². The maximum atomic E-state index is 12.9. The van der Waals surface area contributed by atoms with Crippen LogP contribution in [0.5, 0.6) is 5.75 Å². The molecule has 0 aliphatic carbocycles. The zero-order chi connectivity index (χ0) is 16.9. The standard InChI is InChI=1S/C17H20FNO3S/c1-13(2)11-19-12-14-3-7-16(8-4-14)22-23(20,21)17-9-5-15(18)6-10-17/h3-10,13,19H,11-12H2,1-2H3/p+1. The van der Waals surface area contributed by atoms with E-state index in [1.54, 1.807) is 12.1 Å². The van der Waals surface area contributed by atoms with E-state index in [0.29, 0.717) is 5.92 Å². The fourth-order valence-corrected chi connectivity index (χ4v) is 2.97. The molecule has 0 saturated carbocycles. The van der Waals surface area contributed by atoms with Crippen LogP contribution in [0.3, 0.4) is 0 Å². The van der Waals surface area contributed by atoms with Crippen LogP contribution in [0.4, 0.5) is 4.39 Å². The molecule has 0 heterocycles. The van der Waals surface area contributed by atoms with E-state index in [9.17, 15) is 12.8 Å². The van der Waals surface area contributed by atoms with Crippen molar-refractivity contribution in [2.24, 2.45) is 5.92 Å². The summed E-state index contributed by atoms with van der Waals surface area (Å²) in [4.78, 5) is -0.0757. The zero-order valence-corrected chi connectivity index (χ0v) is 14.0. The predicted octanol–water partition coefficient (Wildman–Crippen LogP) is 2.31. The third kappa shape index (κ3) is 5.33. The first kappa shape index (κ1) is 17.4. The molecule has 6 heteroatoms. The van der Waals surface area contributed by atoms with Crippen molar-refractivity contribution < 1.29 is 22.3 Å². The van der Waals surface area contributed by atoms with Crippen molar-refractivity contribution in [3.63, 3.8) is 0 Å². The molecule has 0 atom stereocenters. The van der Waals surface area contributed by atoms with E-state index >= 15 is 0 Å². The number of benzene rings is 2. The van der Waals surface area contributed by atoms with Crippen LogP contribution >= 0.6 is 0 Å². The van der Waals surface area contributed by atoms with Crippen molar-refractivity contribution in [1.82, 2.24) is 0 Å². The molecule has 2 rings (SSSR count). The Labute approximate surface area is 136 Å².